The van der Waals surface area contributed by atoms with Gasteiger partial charge in [0, 0.05) is 6.92 Å². The summed E-state index contributed by atoms with van der Waals surface area (Å²) in [5.74, 6) is 0.396. The van der Waals surface area contributed by atoms with Crippen LogP contribution in [0.3, 0.4) is 0 Å². The van der Waals surface area contributed by atoms with Crippen LogP contribution in [-0.2, 0) is 9.59 Å². The predicted octanol–water partition coefficient (Wildman–Crippen LogP) is 3.84. The van der Waals surface area contributed by atoms with Gasteiger partial charge >= 0.3 is 5.97 Å². The number of ether oxygens (including phenoxy) is 2. The fourth-order valence-electron chi connectivity index (χ4n) is 3.09. The molecule has 7 heteroatoms. The van der Waals surface area contributed by atoms with E-state index in [2.05, 4.69) is 5.32 Å². The van der Waals surface area contributed by atoms with Gasteiger partial charge in [-0.1, -0.05) is 30.0 Å². The number of hydrogen-bond donors (Lipinski definition) is 1. The van der Waals surface area contributed by atoms with Crippen LogP contribution < -0.4 is 19.7 Å². The summed E-state index contributed by atoms with van der Waals surface area (Å²) in [5.41, 5.74) is 2.53. The van der Waals surface area contributed by atoms with Gasteiger partial charge in [-0.3, -0.25) is 14.5 Å². The lowest BCUT2D eigenvalue weighted by atomic mass is 10.1. The molecule has 0 saturated carbocycles. The number of fused-ring (bicyclic) bond motifs is 3. The molecule has 6 nitrogen and oxygen atoms in total. The number of nitrogens with zero attached hydrogens (tertiary/aromatic N) is 1. The van der Waals surface area contributed by atoms with Gasteiger partial charge in [0.2, 0.25) is 0 Å². The molecule has 1 atom stereocenters. The van der Waals surface area contributed by atoms with Gasteiger partial charge in [-0.2, -0.15) is 0 Å². The van der Waals surface area contributed by atoms with Crippen molar-refractivity contribution < 1.29 is 19.1 Å². The van der Waals surface area contributed by atoms with Crippen molar-refractivity contribution >= 4 is 41.1 Å². The lowest BCUT2D eigenvalue weighted by molar-refractivity contribution is -0.132. The Morgan fingerprint density at radius 1 is 1.26 bits per heavy atom. The van der Waals surface area contributed by atoms with Crippen LogP contribution in [0.2, 0.25) is 0 Å². The van der Waals surface area contributed by atoms with Gasteiger partial charge in [-0.25, -0.2) is 0 Å². The molecular weight excluding hydrogens is 364 g/mol. The summed E-state index contributed by atoms with van der Waals surface area (Å²) in [6.45, 7) is 3.65. The highest BCUT2D eigenvalue weighted by Gasteiger charge is 2.42. The van der Waals surface area contributed by atoms with Crippen LogP contribution >= 0.6 is 11.8 Å². The number of amides is 1. The number of para-hydroxylation sites is 2. The standard InChI is InChI=1S/C20H18N2O4S/c1-3-25-17-10-13(8-9-16(17)26-12(2)23)11-18-19(24)22-15-7-5-4-6-14(15)21-20(22)27-18/h4-11,20-21H,3H2,1-2H3/b18-11+/t20-/m1/s1. The Bertz CT molecular complexity index is 957. The average Bonchev–Trinajstić information content (AvgIpc) is 3.14. The van der Waals surface area contributed by atoms with E-state index in [1.165, 1.54) is 18.7 Å². The number of carbonyl (C=O) groups is 2. The zero-order valence-electron chi connectivity index (χ0n) is 14.9. The molecule has 2 aliphatic heterocycles. The van der Waals surface area contributed by atoms with E-state index in [9.17, 15) is 9.59 Å². The van der Waals surface area contributed by atoms with Gasteiger partial charge in [-0.05, 0) is 42.8 Å². The third-order valence-corrected chi connectivity index (χ3v) is 5.26. The molecule has 1 saturated heterocycles. The molecule has 0 radical (unpaired) electrons. The van der Waals surface area contributed by atoms with Crippen LogP contribution in [-0.4, -0.2) is 24.0 Å². The molecule has 2 aromatic carbocycles. The first-order valence-electron chi connectivity index (χ1n) is 8.59. The first-order valence-corrected chi connectivity index (χ1v) is 9.47. The van der Waals surface area contributed by atoms with Crippen LogP contribution in [0.1, 0.15) is 19.4 Å². The quantitative estimate of drug-likeness (QED) is 0.492. The van der Waals surface area contributed by atoms with Crippen molar-refractivity contribution in [3.8, 4) is 11.5 Å². The van der Waals surface area contributed by atoms with E-state index in [4.69, 9.17) is 9.47 Å². The summed E-state index contributed by atoms with van der Waals surface area (Å²) in [6.07, 6.45) is 1.83. The Balaban J connectivity index is 1.62. The molecule has 0 aromatic heterocycles. The van der Waals surface area contributed by atoms with Gasteiger partial charge in [0.15, 0.2) is 17.0 Å². The van der Waals surface area contributed by atoms with Gasteiger partial charge < -0.3 is 14.8 Å². The number of thioether (sulfide) groups is 1. The van der Waals surface area contributed by atoms with Crippen molar-refractivity contribution in [2.45, 2.75) is 19.3 Å². The zero-order chi connectivity index (χ0) is 19.0. The van der Waals surface area contributed by atoms with Crippen molar-refractivity contribution in [2.75, 3.05) is 16.8 Å². The molecule has 4 rings (SSSR count). The molecule has 1 fully saturated rings. The summed E-state index contributed by atoms with van der Waals surface area (Å²) in [7, 11) is 0. The van der Waals surface area contributed by atoms with Crippen molar-refractivity contribution in [2.24, 2.45) is 0 Å². The lowest BCUT2D eigenvalue weighted by Gasteiger charge is -2.12. The highest BCUT2D eigenvalue weighted by molar-refractivity contribution is 8.05. The normalized spacial score (nSPS) is 18.9. The van der Waals surface area contributed by atoms with E-state index in [0.29, 0.717) is 23.0 Å². The first kappa shape index (κ1) is 17.5. The number of carbonyl (C=O) groups excluding carboxylic acids is 2. The van der Waals surface area contributed by atoms with E-state index in [1.807, 2.05) is 37.3 Å². The van der Waals surface area contributed by atoms with Crippen LogP contribution in [0, 0.1) is 0 Å². The smallest absolute Gasteiger partial charge is 0.308 e. The van der Waals surface area contributed by atoms with Crippen LogP contribution in [0.4, 0.5) is 11.4 Å². The van der Waals surface area contributed by atoms with E-state index in [-0.39, 0.29) is 11.4 Å². The van der Waals surface area contributed by atoms with Gasteiger partial charge in [-0.15, -0.1) is 0 Å². The monoisotopic (exact) mass is 382 g/mol. The maximum absolute atomic E-state index is 12.9. The zero-order valence-corrected chi connectivity index (χ0v) is 15.7. The SMILES string of the molecule is CCOc1cc(/C=C2/S[C@@H]3Nc4ccccc4N3C2=O)ccc1OC(C)=O. The number of hydrogen-bond acceptors (Lipinski definition) is 6. The van der Waals surface area contributed by atoms with Crippen molar-refractivity contribution in [3.63, 3.8) is 0 Å². The molecule has 2 aliphatic rings. The Morgan fingerprint density at radius 3 is 2.85 bits per heavy atom. The number of nitrogens with one attached hydrogen (secondary N) is 1. The van der Waals surface area contributed by atoms with Crippen molar-refractivity contribution in [1.29, 1.82) is 0 Å². The van der Waals surface area contributed by atoms with Gasteiger partial charge in [0.05, 0.1) is 22.9 Å². The average molecular weight is 382 g/mol. The topological polar surface area (TPSA) is 67.9 Å². The van der Waals surface area contributed by atoms with Gasteiger partial charge in [0.1, 0.15) is 0 Å². The summed E-state index contributed by atoms with van der Waals surface area (Å²) in [6, 6.07) is 13.0. The van der Waals surface area contributed by atoms with Crippen LogP contribution in [0.5, 0.6) is 11.5 Å². The second-order valence-corrected chi connectivity index (χ2v) is 7.17. The number of rotatable bonds is 4. The van der Waals surface area contributed by atoms with Crippen molar-refractivity contribution in [3.05, 3.63) is 52.9 Å². The third kappa shape index (κ3) is 3.26. The largest absolute Gasteiger partial charge is 0.490 e. The Morgan fingerprint density at radius 2 is 2.07 bits per heavy atom. The third-order valence-electron chi connectivity index (χ3n) is 4.16. The molecule has 0 spiro atoms. The summed E-state index contributed by atoms with van der Waals surface area (Å²) in [4.78, 5) is 26.5. The number of anilines is 2. The molecule has 1 N–H and O–H groups in total. The van der Waals surface area contributed by atoms with E-state index < -0.39 is 5.97 Å². The van der Waals surface area contributed by atoms with Crippen LogP contribution in [0.15, 0.2) is 47.4 Å². The predicted molar refractivity (Wildman–Crippen MR) is 106 cm³/mol. The highest BCUT2D eigenvalue weighted by atomic mass is 32.2. The van der Waals surface area contributed by atoms with Crippen molar-refractivity contribution in [1.82, 2.24) is 0 Å². The minimum atomic E-state index is -0.408. The van der Waals surface area contributed by atoms with Gasteiger partial charge in [0.25, 0.3) is 5.91 Å². The summed E-state index contributed by atoms with van der Waals surface area (Å²) in [5, 5.41) is 3.35. The minimum absolute atomic E-state index is 0.0375. The molecule has 1 amide bonds. The summed E-state index contributed by atoms with van der Waals surface area (Å²) >= 11 is 1.48. The Kier molecular flexibility index (Phi) is 4.53. The minimum Gasteiger partial charge on any atom is -0.490 e. The summed E-state index contributed by atoms with van der Waals surface area (Å²) < 4.78 is 10.7. The molecular formula is C20H18N2O4S. The van der Waals surface area contributed by atoms with E-state index >= 15 is 0 Å². The number of esters is 1. The molecule has 138 valence electrons. The molecule has 2 aromatic rings. The van der Waals surface area contributed by atoms with Crippen LogP contribution in [0.25, 0.3) is 6.08 Å². The van der Waals surface area contributed by atoms with E-state index in [1.54, 1.807) is 23.1 Å². The molecule has 0 unspecified atom stereocenters. The molecule has 0 bridgehead atoms. The molecule has 2 heterocycles. The van der Waals surface area contributed by atoms with E-state index in [0.717, 1.165) is 16.9 Å². The Hall–Kier alpha value is -2.93. The number of benzene rings is 2. The fraction of sp³-hybridized carbons (Fsp3) is 0.200. The fourth-order valence-corrected chi connectivity index (χ4v) is 4.23. The second kappa shape index (κ2) is 7.00. The molecule has 27 heavy (non-hydrogen) atoms. The lowest BCUT2D eigenvalue weighted by Crippen LogP contribution is -2.31. The highest BCUT2D eigenvalue weighted by Crippen LogP contribution is 2.47. The maximum Gasteiger partial charge on any atom is 0.308 e. The maximum atomic E-state index is 12.9. The second-order valence-electron chi connectivity index (χ2n) is 6.05. The molecule has 0 aliphatic carbocycles. The first-order chi connectivity index (χ1) is 13.1. The Labute approximate surface area is 161 Å².